The number of isocyanates is 1. The predicted octanol–water partition coefficient (Wildman–Crippen LogP) is 2.22. The Balaban J connectivity index is 4.90. The fraction of sp³-hybridized carbons (Fsp3) is 0.818. The molecule has 0 heterocycles. The maximum absolute atomic E-state index is 11.7. The molecular weight excluding hydrogens is 194 g/mol. The Labute approximate surface area is 90.7 Å². The Kier molecular flexibility index (Phi) is 6.63. The molecule has 0 rings (SSSR count). The molecule has 0 unspecified atom stereocenters. The number of carbonyl (C=O) groups excluding carboxylic acids is 2. The number of carbonyl (C=O) groups is 1. The van der Waals surface area contributed by atoms with E-state index >= 15 is 0 Å². The number of esters is 1. The van der Waals surface area contributed by atoms with Gasteiger partial charge in [0.15, 0.2) is 5.54 Å². The van der Waals surface area contributed by atoms with Crippen molar-refractivity contribution in [2.24, 2.45) is 4.99 Å². The van der Waals surface area contributed by atoms with Gasteiger partial charge in [0.05, 0.1) is 6.61 Å². The molecule has 0 fully saturated rings. The summed E-state index contributed by atoms with van der Waals surface area (Å²) in [5.74, 6) is -0.406. The van der Waals surface area contributed by atoms with Crippen LogP contribution in [0.25, 0.3) is 0 Å². The second-order valence-electron chi connectivity index (χ2n) is 3.46. The highest BCUT2D eigenvalue weighted by atomic mass is 16.5. The lowest BCUT2D eigenvalue weighted by Gasteiger charge is -2.24. The molecule has 0 atom stereocenters. The molecule has 0 amide bonds. The minimum atomic E-state index is -0.999. The summed E-state index contributed by atoms with van der Waals surface area (Å²) in [6.45, 7) is 5.95. The van der Waals surface area contributed by atoms with Gasteiger partial charge in [0.25, 0.3) is 0 Å². The van der Waals surface area contributed by atoms with Crippen molar-refractivity contribution < 1.29 is 14.3 Å². The fourth-order valence-corrected chi connectivity index (χ4v) is 1.67. The standard InChI is InChI=1S/C11H19NO3/c1-4-7-11(8-5-2,12-9-13)10(14)15-6-3/h4-8H2,1-3H3. The number of ether oxygens (including phenoxy) is 1. The molecule has 0 spiro atoms. The summed E-state index contributed by atoms with van der Waals surface area (Å²) >= 11 is 0. The van der Waals surface area contributed by atoms with Gasteiger partial charge in [-0.1, -0.05) is 26.7 Å². The van der Waals surface area contributed by atoms with Gasteiger partial charge >= 0.3 is 5.97 Å². The number of nitrogens with zero attached hydrogens (tertiary/aromatic N) is 1. The molecule has 0 saturated carbocycles. The smallest absolute Gasteiger partial charge is 0.334 e. The van der Waals surface area contributed by atoms with Crippen LogP contribution < -0.4 is 0 Å². The lowest BCUT2D eigenvalue weighted by molar-refractivity contribution is -0.150. The first-order valence-corrected chi connectivity index (χ1v) is 5.43. The summed E-state index contributed by atoms with van der Waals surface area (Å²) in [6, 6.07) is 0. The van der Waals surface area contributed by atoms with Crippen molar-refractivity contribution in [1.82, 2.24) is 0 Å². The van der Waals surface area contributed by atoms with Gasteiger partial charge in [0, 0.05) is 0 Å². The fourth-order valence-electron chi connectivity index (χ4n) is 1.67. The Morgan fingerprint density at radius 1 is 1.27 bits per heavy atom. The van der Waals surface area contributed by atoms with Crippen LogP contribution in [-0.4, -0.2) is 24.2 Å². The minimum absolute atomic E-state index is 0.308. The Morgan fingerprint density at radius 2 is 1.80 bits per heavy atom. The largest absolute Gasteiger partial charge is 0.464 e. The molecule has 0 aromatic carbocycles. The highest BCUT2D eigenvalue weighted by Crippen LogP contribution is 2.25. The lowest BCUT2D eigenvalue weighted by atomic mass is 9.89. The van der Waals surface area contributed by atoms with E-state index in [0.29, 0.717) is 19.4 Å². The van der Waals surface area contributed by atoms with E-state index in [1.165, 1.54) is 6.08 Å². The maximum atomic E-state index is 11.7. The second-order valence-corrected chi connectivity index (χ2v) is 3.46. The first-order chi connectivity index (χ1) is 7.16. The van der Waals surface area contributed by atoms with Crippen LogP contribution in [0.5, 0.6) is 0 Å². The molecule has 4 nitrogen and oxygen atoms in total. The Bertz CT molecular complexity index is 238. The molecular formula is C11H19NO3. The monoisotopic (exact) mass is 213 g/mol. The van der Waals surface area contributed by atoms with Crippen molar-refractivity contribution in [2.75, 3.05) is 6.61 Å². The number of aliphatic imine (C=N–C) groups is 1. The molecule has 0 aromatic rings. The van der Waals surface area contributed by atoms with Gasteiger partial charge in [0.2, 0.25) is 6.08 Å². The van der Waals surface area contributed by atoms with Gasteiger partial charge in [-0.25, -0.2) is 9.59 Å². The Hall–Kier alpha value is -1.15. The summed E-state index contributed by atoms with van der Waals surface area (Å²) in [5, 5.41) is 0. The summed E-state index contributed by atoms with van der Waals surface area (Å²) < 4.78 is 4.95. The SMILES string of the molecule is CCCC(CCC)(N=C=O)C(=O)OCC. The molecule has 0 N–H and O–H groups in total. The quantitative estimate of drug-likeness (QED) is 0.370. The van der Waals surface area contributed by atoms with E-state index < -0.39 is 11.5 Å². The molecule has 0 aliphatic rings. The van der Waals surface area contributed by atoms with Gasteiger partial charge in [0.1, 0.15) is 0 Å². The van der Waals surface area contributed by atoms with E-state index in [1.807, 2.05) is 13.8 Å². The van der Waals surface area contributed by atoms with Gasteiger partial charge in [-0.05, 0) is 19.8 Å². The minimum Gasteiger partial charge on any atom is -0.464 e. The molecule has 0 aliphatic carbocycles. The second kappa shape index (κ2) is 7.18. The zero-order valence-electron chi connectivity index (χ0n) is 9.71. The average molecular weight is 213 g/mol. The van der Waals surface area contributed by atoms with Crippen molar-refractivity contribution in [3.63, 3.8) is 0 Å². The van der Waals surface area contributed by atoms with Gasteiger partial charge in [-0.3, -0.25) is 0 Å². The van der Waals surface area contributed by atoms with Crippen molar-refractivity contribution >= 4 is 12.0 Å². The zero-order valence-corrected chi connectivity index (χ0v) is 9.71. The normalized spacial score (nSPS) is 10.6. The lowest BCUT2D eigenvalue weighted by Crippen LogP contribution is -2.38. The van der Waals surface area contributed by atoms with Crippen molar-refractivity contribution in [3.8, 4) is 0 Å². The number of hydrogen-bond donors (Lipinski definition) is 0. The highest BCUT2D eigenvalue weighted by molar-refractivity contribution is 5.82. The van der Waals surface area contributed by atoms with Gasteiger partial charge < -0.3 is 4.74 Å². The topological polar surface area (TPSA) is 55.7 Å². The molecule has 0 bridgehead atoms. The van der Waals surface area contributed by atoms with Crippen LogP contribution in [0.2, 0.25) is 0 Å². The van der Waals surface area contributed by atoms with Gasteiger partial charge in [-0.15, -0.1) is 0 Å². The van der Waals surface area contributed by atoms with E-state index in [1.54, 1.807) is 6.92 Å². The van der Waals surface area contributed by atoms with Crippen LogP contribution in [0.4, 0.5) is 0 Å². The van der Waals surface area contributed by atoms with E-state index in [2.05, 4.69) is 4.99 Å². The van der Waals surface area contributed by atoms with Crippen molar-refractivity contribution in [1.29, 1.82) is 0 Å². The van der Waals surface area contributed by atoms with Crippen LogP contribution in [-0.2, 0) is 14.3 Å². The summed E-state index contributed by atoms with van der Waals surface area (Å²) in [5.41, 5.74) is -0.999. The maximum Gasteiger partial charge on any atom is 0.334 e. The summed E-state index contributed by atoms with van der Waals surface area (Å²) in [7, 11) is 0. The molecule has 0 radical (unpaired) electrons. The van der Waals surface area contributed by atoms with E-state index in [0.717, 1.165) is 12.8 Å². The van der Waals surface area contributed by atoms with E-state index in [4.69, 9.17) is 4.74 Å². The average Bonchev–Trinajstić information content (AvgIpc) is 2.19. The van der Waals surface area contributed by atoms with Crippen molar-refractivity contribution in [2.45, 2.75) is 52.0 Å². The third-order valence-corrected chi connectivity index (χ3v) is 2.24. The number of rotatable bonds is 7. The summed E-state index contributed by atoms with van der Waals surface area (Å²) in [6.07, 6.45) is 4.13. The van der Waals surface area contributed by atoms with Crippen LogP contribution in [0.3, 0.4) is 0 Å². The van der Waals surface area contributed by atoms with Crippen molar-refractivity contribution in [3.05, 3.63) is 0 Å². The third-order valence-electron chi connectivity index (χ3n) is 2.24. The van der Waals surface area contributed by atoms with Crippen LogP contribution in [0, 0.1) is 0 Å². The number of hydrogen-bond acceptors (Lipinski definition) is 4. The van der Waals surface area contributed by atoms with Gasteiger partial charge in [-0.2, -0.15) is 4.99 Å². The van der Waals surface area contributed by atoms with E-state index in [9.17, 15) is 9.59 Å². The summed E-state index contributed by atoms with van der Waals surface area (Å²) in [4.78, 5) is 25.8. The molecule has 0 aromatic heterocycles. The first kappa shape index (κ1) is 13.8. The van der Waals surface area contributed by atoms with Crippen LogP contribution in [0.15, 0.2) is 4.99 Å². The molecule has 15 heavy (non-hydrogen) atoms. The zero-order chi connectivity index (χ0) is 11.7. The highest BCUT2D eigenvalue weighted by Gasteiger charge is 2.38. The van der Waals surface area contributed by atoms with E-state index in [-0.39, 0.29) is 0 Å². The molecule has 0 aliphatic heterocycles. The predicted molar refractivity (Wildman–Crippen MR) is 57.3 cm³/mol. The molecule has 86 valence electrons. The van der Waals surface area contributed by atoms with Crippen LogP contribution in [0.1, 0.15) is 46.5 Å². The molecule has 4 heteroatoms. The van der Waals surface area contributed by atoms with Crippen LogP contribution >= 0.6 is 0 Å². The third kappa shape index (κ3) is 3.84. The first-order valence-electron chi connectivity index (χ1n) is 5.43. The Morgan fingerprint density at radius 3 is 2.13 bits per heavy atom. The molecule has 0 saturated heterocycles.